The Kier molecular flexibility index (Phi) is 4.70. The van der Waals surface area contributed by atoms with Crippen molar-refractivity contribution in [2.45, 2.75) is 26.1 Å². The fourth-order valence-corrected chi connectivity index (χ4v) is 2.75. The van der Waals surface area contributed by atoms with Crippen molar-refractivity contribution in [3.05, 3.63) is 37.9 Å². The lowest BCUT2D eigenvalue weighted by Crippen LogP contribution is -2.48. The lowest BCUT2D eigenvalue weighted by Gasteiger charge is -2.35. The molecule has 0 aromatic heterocycles. The zero-order chi connectivity index (χ0) is 15.7. The van der Waals surface area contributed by atoms with Crippen molar-refractivity contribution in [1.82, 2.24) is 4.90 Å². The highest BCUT2D eigenvalue weighted by molar-refractivity contribution is 6.44. The molecule has 1 aromatic carbocycles. The fraction of sp³-hybridized carbons (Fsp3) is 0.462. The minimum Gasteiger partial charge on any atom is -0.372 e. The van der Waals surface area contributed by atoms with Crippen LogP contribution in [0, 0.1) is 10.1 Å². The van der Waals surface area contributed by atoms with Crippen LogP contribution < -0.4 is 0 Å². The number of rotatable bonds is 2. The first-order chi connectivity index (χ1) is 9.79. The molecule has 0 radical (unpaired) electrons. The van der Waals surface area contributed by atoms with Crippen LogP contribution in [0.5, 0.6) is 0 Å². The summed E-state index contributed by atoms with van der Waals surface area (Å²) in [5.74, 6) is -0.382. The first kappa shape index (κ1) is 16.0. The van der Waals surface area contributed by atoms with Crippen molar-refractivity contribution in [2.75, 3.05) is 13.1 Å². The van der Waals surface area contributed by atoms with E-state index in [0.717, 1.165) is 12.1 Å². The molecular weight excluding hydrogens is 319 g/mol. The molecule has 1 saturated heterocycles. The highest BCUT2D eigenvalue weighted by Gasteiger charge is 2.29. The smallest absolute Gasteiger partial charge is 0.271 e. The average Bonchev–Trinajstić information content (AvgIpc) is 2.39. The Balaban J connectivity index is 2.36. The predicted octanol–water partition coefficient (Wildman–Crippen LogP) is 3.15. The minimum absolute atomic E-state index is 0.0106. The van der Waals surface area contributed by atoms with Gasteiger partial charge in [0.25, 0.3) is 11.6 Å². The van der Waals surface area contributed by atoms with E-state index in [1.54, 1.807) is 4.90 Å². The van der Waals surface area contributed by atoms with Crippen LogP contribution in [0.3, 0.4) is 0 Å². The standard InChI is InChI=1S/C13H14Cl2N2O4/c1-7-5-16(6-8(2)21-7)13(18)10-3-9(17(19)20)4-11(14)12(10)15/h3-4,7-8H,5-6H2,1-2H3/t7-,8+. The summed E-state index contributed by atoms with van der Waals surface area (Å²) in [4.78, 5) is 24.4. The van der Waals surface area contributed by atoms with Crippen LogP contribution >= 0.6 is 23.2 Å². The Morgan fingerprint density at radius 1 is 1.33 bits per heavy atom. The molecule has 21 heavy (non-hydrogen) atoms. The van der Waals surface area contributed by atoms with Crippen molar-refractivity contribution in [1.29, 1.82) is 0 Å². The van der Waals surface area contributed by atoms with Crippen LogP contribution in [0.25, 0.3) is 0 Å². The molecule has 0 aliphatic carbocycles. The molecular formula is C13H14Cl2N2O4. The summed E-state index contributed by atoms with van der Waals surface area (Å²) < 4.78 is 5.56. The molecule has 2 rings (SSSR count). The number of morpholine rings is 1. The summed E-state index contributed by atoms with van der Waals surface area (Å²) in [6, 6.07) is 2.28. The van der Waals surface area contributed by atoms with Gasteiger partial charge in [-0.3, -0.25) is 14.9 Å². The van der Waals surface area contributed by atoms with Gasteiger partial charge in [0, 0.05) is 25.2 Å². The van der Waals surface area contributed by atoms with E-state index < -0.39 is 4.92 Å². The molecule has 1 aliphatic heterocycles. The first-order valence-corrected chi connectivity index (χ1v) is 7.13. The molecule has 0 saturated carbocycles. The Hall–Kier alpha value is -1.37. The maximum atomic E-state index is 12.5. The zero-order valence-electron chi connectivity index (χ0n) is 11.5. The van der Waals surface area contributed by atoms with E-state index in [9.17, 15) is 14.9 Å². The SMILES string of the molecule is C[C@@H]1CN(C(=O)c2cc([N+](=O)[O-])cc(Cl)c2Cl)C[C@H](C)O1. The number of carbonyl (C=O) groups is 1. The number of benzene rings is 1. The summed E-state index contributed by atoms with van der Waals surface area (Å²) in [7, 11) is 0. The summed E-state index contributed by atoms with van der Waals surface area (Å²) >= 11 is 11.9. The van der Waals surface area contributed by atoms with Gasteiger partial charge in [0.1, 0.15) is 0 Å². The number of ether oxygens (including phenoxy) is 1. The molecule has 0 bridgehead atoms. The summed E-state index contributed by atoms with van der Waals surface area (Å²) in [6.45, 7) is 4.52. The van der Waals surface area contributed by atoms with E-state index in [-0.39, 0.29) is 39.4 Å². The second kappa shape index (κ2) is 6.17. The highest BCUT2D eigenvalue weighted by atomic mass is 35.5. The number of halogens is 2. The summed E-state index contributed by atoms with van der Waals surface area (Å²) in [5, 5.41) is 10.9. The van der Waals surface area contributed by atoms with Crippen molar-refractivity contribution in [3.8, 4) is 0 Å². The second-order valence-electron chi connectivity index (χ2n) is 5.01. The van der Waals surface area contributed by atoms with Gasteiger partial charge < -0.3 is 9.64 Å². The maximum absolute atomic E-state index is 12.5. The van der Waals surface area contributed by atoms with E-state index in [1.165, 1.54) is 0 Å². The quantitative estimate of drug-likeness (QED) is 0.616. The third-order valence-corrected chi connectivity index (χ3v) is 3.96. The normalized spacial score (nSPS) is 22.2. The van der Waals surface area contributed by atoms with Gasteiger partial charge in [0.2, 0.25) is 0 Å². The lowest BCUT2D eigenvalue weighted by atomic mass is 10.1. The Morgan fingerprint density at radius 3 is 2.43 bits per heavy atom. The maximum Gasteiger partial charge on any atom is 0.271 e. The largest absolute Gasteiger partial charge is 0.372 e. The Labute approximate surface area is 131 Å². The van der Waals surface area contributed by atoms with Gasteiger partial charge >= 0.3 is 0 Å². The van der Waals surface area contributed by atoms with Crippen molar-refractivity contribution in [2.24, 2.45) is 0 Å². The van der Waals surface area contributed by atoms with E-state index in [4.69, 9.17) is 27.9 Å². The number of nitro groups is 1. The molecule has 6 nitrogen and oxygen atoms in total. The van der Waals surface area contributed by atoms with Crippen molar-refractivity contribution >= 4 is 34.8 Å². The topological polar surface area (TPSA) is 72.7 Å². The van der Waals surface area contributed by atoms with Gasteiger partial charge in [0.15, 0.2) is 0 Å². The molecule has 1 amide bonds. The number of amides is 1. The molecule has 0 N–H and O–H groups in total. The number of carbonyl (C=O) groups excluding carboxylic acids is 1. The number of hydrogen-bond acceptors (Lipinski definition) is 4. The van der Waals surface area contributed by atoms with E-state index in [0.29, 0.717) is 13.1 Å². The molecule has 1 aromatic rings. The number of hydrogen-bond donors (Lipinski definition) is 0. The van der Waals surface area contributed by atoms with Gasteiger partial charge in [-0.1, -0.05) is 23.2 Å². The number of non-ortho nitro benzene ring substituents is 1. The van der Waals surface area contributed by atoms with Gasteiger partial charge in [-0.25, -0.2) is 0 Å². The van der Waals surface area contributed by atoms with E-state index in [1.807, 2.05) is 13.8 Å². The molecule has 2 atom stereocenters. The van der Waals surface area contributed by atoms with Gasteiger partial charge in [-0.15, -0.1) is 0 Å². The summed E-state index contributed by atoms with van der Waals surface area (Å²) in [5.41, 5.74) is -0.223. The van der Waals surface area contributed by atoms with E-state index >= 15 is 0 Å². The minimum atomic E-state index is -0.608. The van der Waals surface area contributed by atoms with E-state index in [2.05, 4.69) is 0 Å². The fourth-order valence-electron chi connectivity index (χ4n) is 2.35. The molecule has 114 valence electrons. The molecule has 1 fully saturated rings. The van der Waals surface area contributed by atoms with Gasteiger partial charge in [0.05, 0.1) is 32.7 Å². The summed E-state index contributed by atoms with van der Waals surface area (Å²) in [6.07, 6.45) is -0.212. The Bertz CT molecular complexity index is 584. The number of nitro benzene ring substituents is 1. The monoisotopic (exact) mass is 332 g/mol. The number of nitrogens with zero attached hydrogens (tertiary/aromatic N) is 2. The van der Waals surface area contributed by atoms with Crippen LogP contribution in [0.2, 0.25) is 10.0 Å². The third kappa shape index (κ3) is 3.45. The third-order valence-electron chi connectivity index (χ3n) is 3.16. The van der Waals surface area contributed by atoms with Crippen LogP contribution in [0.4, 0.5) is 5.69 Å². The highest BCUT2D eigenvalue weighted by Crippen LogP contribution is 2.32. The predicted molar refractivity (Wildman–Crippen MR) is 79.0 cm³/mol. The van der Waals surface area contributed by atoms with Crippen molar-refractivity contribution in [3.63, 3.8) is 0 Å². The molecule has 8 heteroatoms. The van der Waals surface area contributed by atoms with Crippen LogP contribution in [-0.2, 0) is 4.74 Å². The zero-order valence-corrected chi connectivity index (χ0v) is 13.0. The molecule has 0 unspecified atom stereocenters. The molecule has 1 aliphatic rings. The molecule has 0 spiro atoms. The average molecular weight is 333 g/mol. The molecule has 1 heterocycles. The lowest BCUT2D eigenvalue weighted by molar-refractivity contribution is -0.384. The van der Waals surface area contributed by atoms with Crippen LogP contribution in [-0.4, -0.2) is 41.0 Å². The van der Waals surface area contributed by atoms with Crippen LogP contribution in [0.1, 0.15) is 24.2 Å². The van der Waals surface area contributed by atoms with Crippen molar-refractivity contribution < 1.29 is 14.5 Å². The van der Waals surface area contributed by atoms with Crippen LogP contribution in [0.15, 0.2) is 12.1 Å². The Morgan fingerprint density at radius 2 is 1.90 bits per heavy atom. The second-order valence-corrected chi connectivity index (χ2v) is 5.80. The first-order valence-electron chi connectivity index (χ1n) is 6.37. The van der Waals surface area contributed by atoms with Gasteiger partial charge in [-0.05, 0) is 13.8 Å². The van der Waals surface area contributed by atoms with Gasteiger partial charge in [-0.2, -0.15) is 0 Å².